The fraction of sp³-hybridized carbons (Fsp3) is 0.647. The van der Waals surface area contributed by atoms with Gasteiger partial charge in [0.2, 0.25) is 0 Å². The topological polar surface area (TPSA) is 12.0 Å². The molecule has 1 nitrogen and oxygen atoms in total. The van der Waals surface area contributed by atoms with Crippen LogP contribution in [0.25, 0.3) is 0 Å². The Morgan fingerprint density at radius 2 is 1.90 bits per heavy atom. The molecule has 0 spiro atoms. The molecule has 2 atom stereocenters. The van der Waals surface area contributed by atoms with Gasteiger partial charge in [-0.3, -0.25) is 0 Å². The van der Waals surface area contributed by atoms with Crippen LogP contribution in [-0.4, -0.2) is 13.1 Å². The first-order chi connectivity index (χ1) is 10.1. The summed E-state index contributed by atoms with van der Waals surface area (Å²) in [6.07, 6.45) is 6.27. The Bertz CT molecular complexity index is 464. The molecule has 1 fully saturated rings. The summed E-state index contributed by atoms with van der Waals surface area (Å²) in [5.41, 5.74) is 0.247. The zero-order chi connectivity index (χ0) is 15.2. The second-order valence-electron chi connectivity index (χ2n) is 6.03. The van der Waals surface area contributed by atoms with Crippen LogP contribution in [0.15, 0.2) is 16.6 Å². The smallest absolute Gasteiger partial charge is 0.143 e. The second-order valence-corrected chi connectivity index (χ2v) is 6.89. The van der Waals surface area contributed by atoms with Crippen molar-refractivity contribution in [3.05, 3.63) is 33.8 Å². The molecule has 1 saturated carbocycles. The number of hydrogen-bond acceptors (Lipinski definition) is 1. The molecule has 0 heterocycles. The third kappa shape index (κ3) is 4.49. The Labute approximate surface area is 134 Å². The summed E-state index contributed by atoms with van der Waals surface area (Å²) in [6.45, 7) is 4.14. The van der Waals surface area contributed by atoms with Crippen molar-refractivity contribution in [2.24, 2.45) is 11.8 Å². The molecule has 4 heteroatoms. The quantitative estimate of drug-likeness (QED) is 0.551. The molecule has 0 aromatic heterocycles. The van der Waals surface area contributed by atoms with E-state index in [4.69, 9.17) is 0 Å². The zero-order valence-corrected chi connectivity index (χ0v) is 14.2. The number of hydrogen-bond donors (Lipinski definition) is 1. The fourth-order valence-corrected chi connectivity index (χ4v) is 3.68. The van der Waals surface area contributed by atoms with E-state index in [9.17, 15) is 8.78 Å². The summed E-state index contributed by atoms with van der Waals surface area (Å²) >= 11 is 3.16. The SMILES string of the molecule is CCCNCC1CCCCC1Cc1c(F)ccc(Br)c1F. The zero-order valence-electron chi connectivity index (χ0n) is 12.6. The van der Waals surface area contributed by atoms with Crippen LogP contribution in [0.2, 0.25) is 0 Å². The summed E-state index contributed by atoms with van der Waals surface area (Å²) in [5, 5.41) is 3.46. The number of halogens is 3. The van der Waals surface area contributed by atoms with Crippen molar-refractivity contribution >= 4 is 15.9 Å². The minimum Gasteiger partial charge on any atom is -0.316 e. The second kappa shape index (κ2) is 8.23. The van der Waals surface area contributed by atoms with Gasteiger partial charge in [0.1, 0.15) is 11.6 Å². The van der Waals surface area contributed by atoms with Crippen LogP contribution in [0.3, 0.4) is 0 Å². The lowest BCUT2D eigenvalue weighted by atomic mass is 9.76. The van der Waals surface area contributed by atoms with Crippen molar-refractivity contribution in [1.29, 1.82) is 0 Å². The van der Waals surface area contributed by atoms with Crippen LogP contribution in [0.4, 0.5) is 8.78 Å². The molecule has 1 aliphatic rings. The van der Waals surface area contributed by atoms with Crippen LogP contribution >= 0.6 is 15.9 Å². The van der Waals surface area contributed by atoms with Crippen LogP contribution in [0.5, 0.6) is 0 Å². The van der Waals surface area contributed by atoms with Gasteiger partial charge in [-0.25, -0.2) is 8.78 Å². The Kier molecular flexibility index (Phi) is 6.62. The van der Waals surface area contributed by atoms with Crippen molar-refractivity contribution in [3.8, 4) is 0 Å². The van der Waals surface area contributed by atoms with Gasteiger partial charge in [-0.05, 0) is 78.7 Å². The molecular weight excluding hydrogens is 336 g/mol. The molecule has 1 aromatic carbocycles. The van der Waals surface area contributed by atoms with Crippen molar-refractivity contribution in [2.75, 3.05) is 13.1 Å². The first kappa shape index (κ1) is 16.9. The van der Waals surface area contributed by atoms with E-state index in [0.717, 1.165) is 25.9 Å². The van der Waals surface area contributed by atoms with E-state index in [1.54, 1.807) is 0 Å². The fourth-order valence-electron chi connectivity index (χ4n) is 3.30. The van der Waals surface area contributed by atoms with Gasteiger partial charge in [-0.1, -0.05) is 19.8 Å². The van der Waals surface area contributed by atoms with Gasteiger partial charge in [-0.2, -0.15) is 0 Å². The molecule has 0 aliphatic heterocycles. The van der Waals surface area contributed by atoms with Crippen molar-refractivity contribution in [1.82, 2.24) is 5.32 Å². The Hall–Kier alpha value is -0.480. The predicted molar refractivity (Wildman–Crippen MR) is 86.4 cm³/mol. The molecule has 0 amide bonds. The number of nitrogens with one attached hydrogen (secondary N) is 1. The van der Waals surface area contributed by atoms with Gasteiger partial charge in [0.15, 0.2) is 0 Å². The summed E-state index contributed by atoms with van der Waals surface area (Å²) < 4.78 is 28.4. The van der Waals surface area contributed by atoms with E-state index in [2.05, 4.69) is 28.2 Å². The molecular formula is C17H24BrF2N. The molecule has 21 heavy (non-hydrogen) atoms. The summed E-state index contributed by atoms with van der Waals surface area (Å²) in [7, 11) is 0. The molecule has 2 rings (SSSR count). The summed E-state index contributed by atoms with van der Waals surface area (Å²) in [6, 6.07) is 2.80. The van der Waals surface area contributed by atoms with Gasteiger partial charge in [0, 0.05) is 5.56 Å². The van der Waals surface area contributed by atoms with Gasteiger partial charge in [0.25, 0.3) is 0 Å². The van der Waals surface area contributed by atoms with E-state index < -0.39 is 11.6 Å². The molecule has 1 aliphatic carbocycles. The average Bonchev–Trinajstić information content (AvgIpc) is 2.49. The van der Waals surface area contributed by atoms with E-state index in [0.29, 0.717) is 22.7 Å². The molecule has 1 aromatic rings. The maximum Gasteiger partial charge on any atom is 0.143 e. The lowest BCUT2D eigenvalue weighted by Gasteiger charge is -2.32. The van der Waals surface area contributed by atoms with Crippen LogP contribution in [-0.2, 0) is 6.42 Å². The highest BCUT2D eigenvalue weighted by Crippen LogP contribution is 2.34. The summed E-state index contributed by atoms with van der Waals surface area (Å²) in [5.74, 6) is 0.0619. The van der Waals surface area contributed by atoms with Crippen molar-refractivity contribution < 1.29 is 8.78 Å². The van der Waals surface area contributed by atoms with Crippen molar-refractivity contribution in [2.45, 2.75) is 45.4 Å². The molecule has 0 saturated heterocycles. The van der Waals surface area contributed by atoms with Crippen LogP contribution in [0, 0.1) is 23.5 Å². The van der Waals surface area contributed by atoms with E-state index in [1.165, 1.54) is 31.4 Å². The highest BCUT2D eigenvalue weighted by molar-refractivity contribution is 9.10. The number of benzene rings is 1. The van der Waals surface area contributed by atoms with Crippen molar-refractivity contribution in [3.63, 3.8) is 0 Å². The lowest BCUT2D eigenvalue weighted by Crippen LogP contribution is -2.32. The third-order valence-electron chi connectivity index (χ3n) is 4.51. The highest BCUT2D eigenvalue weighted by atomic mass is 79.9. The third-order valence-corrected chi connectivity index (χ3v) is 5.12. The first-order valence-corrected chi connectivity index (χ1v) is 8.75. The Morgan fingerprint density at radius 3 is 2.62 bits per heavy atom. The molecule has 0 radical (unpaired) electrons. The number of rotatable bonds is 6. The Morgan fingerprint density at radius 1 is 1.19 bits per heavy atom. The maximum atomic E-state index is 14.1. The monoisotopic (exact) mass is 359 g/mol. The standard InChI is InChI=1S/C17H24BrF2N/c1-2-9-21-11-13-6-4-3-5-12(13)10-14-16(19)8-7-15(18)17(14)20/h7-8,12-13,21H,2-6,9-11H2,1H3. The van der Waals surface area contributed by atoms with Crippen LogP contribution < -0.4 is 5.32 Å². The minimum atomic E-state index is -0.430. The molecule has 1 N–H and O–H groups in total. The normalized spacial score (nSPS) is 22.5. The summed E-state index contributed by atoms with van der Waals surface area (Å²) in [4.78, 5) is 0. The maximum absolute atomic E-state index is 14.1. The molecule has 118 valence electrons. The van der Waals surface area contributed by atoms with Crippen LogP contribution in [0.1, 0.15) is 44.6 Å². The van der Waals surface area contributed by atoms with E-state index in [1.807, 2.05) is 0 Å². The van der Waals surface area contributed by atoms with E-state index in [-0.39, 0.29) is 5.56 Å². The minimum absolute atomic E-state index is 0.247. The largest absolute Gasteiger partial charge is 0.316 e. The van der Waals surface area contributed by atoms with Gasteiger partial charge >= 0.3 is 0 Å². The highest BCUT2D eigenvalue weighted by Gasteiger charge is 2.27. The molecule has 2 unspecified atom stereocenters. The molecule has 0 bridgehead atoms. The average molecular weight is 360 g/mol. The lowest BCUT2D eigenvalue weighted by molar-refractivity contribution is 0.225. The Balaban J connectivity index is 2.07. The van der Waals surface area contributed by atoms with Gasteiger partial charge in [-0.15, -0.1) is 0 Å². The van der Waals surface area contributed by atoms with Gasteiger partial charge < -0.3 is 5.32 Å². The van der Waals surface area contributed by atoms with Gasteiger partial charge in [0.05, 0.1) is 4.47 Å². The van der Waals surface area contributed by atoms with E-state index >= 15 is 0 Å². The first-order valence-electron chi connectivity index (χ1n) is 7.96. The predicted octanol–water partition coefficient (Wildman–Crippen LogP) is 5.08.